The van der Waals surface area contributed by atoms with Crippen molar-refractivity contribution >= 4 is 28.6 Å². The van der Waals surface area contributed by atoms with Crippen LogP contribution in [0.1, 0.15) is 34.5 Å². The molecule has 0 radical (unpaired) electrons. The molecule has 3 amide bonds. The first-order valence-electron chi connectivity index (χ1n) is 11.0. The van der Waals surface area contributed by atoms with Crippen LogP contribution in [0, 0.1) is 12.8 Å². The van der Waals surface area contributed by atoms with Crippen molar-refractivity contribution in [2.24, 2.45) is 5.92 Å². The Balaban J connectivity index is 1.42. The summed E-state index contributed by atoms with van der Waals surface area (Å²) in [5.41, 5.74) is 4.85. The van der Waals surface area contributed by atoms with E-state index in [-0.39, 0.29) is 31.2 Å². The zero-order valence-electron chi connectivity index (χ0n) is 18.7. The molecule has 3 aromatic rings. The summed E-state index contributed by atoms with van der Waals surface area (Å²) in [5.74, 6) is -1.35. The van der Waals surface area contributed by atoms with Crippen molar-refractivity contribution in [2.75, 3.05) is 6.54 Å². The maximum absolute atomic E-state index is 12.8. The Morgan fingerprint density at radius 1 is 1.18 bits per heavy atom. The van der Waals surface area contributed by atoms with Crippen LogP contribution in [0.2, 0.25) is 0 Å². The normalized spacial score (nSPS) is 18.0. The van der Waals surface area contributed by atoms with E-state index in [9.17, 15) is 14.4 Å². The first-order valence-corrected chi connectivity index (χ1v) is 11.0. The van der Waals surface area contributed by atoms with Crippen LogP contribution in [-0.4, -0.2) is 40.5 Å². The molecule has 4 N–H and O–H groups in total. The van der Waals surface area contributed by atoms with Crippen molar-refractivity contribution in [3.05, 3.63) is 71.4 Å². The molecule has 9 heteroatoms. The lowest BCUT2D eigenvalue weighted by atomic mass is 9.94. The Hall–Kier alpha value is -3.98. The lowest BCUT2D eigenvalue weighted by Gasteiger charge is -2.24. The highest BCUT2D eigenvalue weighted by Gasteiger charge is 2.32. The maximum atomic E-state index is 12.8. The first-order chi connectivity index (χ1) is 16.4. The minimum atomic E-state index is -0.728. The van der Waals surface area contributed by atoms with Gasteiger partial charge in [-0.3, -0.25) is 24.6 Å². The molecule has 9 nitrogen and oxygen atoms in total. The van der Waals surface area contributed by atoms with Crippen LogP contribution in [0.25, 0.3) is 10.9 Å². The van der Waals surface area contributed by atoms with Gasteiger partial charge in [0.1, 0.15) is 12.4 Å². The predicted octanol–water partition coefficient (Wildman–Crippen LogP) is 2.25. The van der Waals surface area contributed by atoms with Crippen LogP contribution >= 0.6 is 0 Å². The molecule has 1 aliphatic heterocycles. The van der Waals surface area contributed by atoms with E-state index < -0.39 is 17.9 Å². The van der Waals surface area contributed by atoms with E-state index >= 15 is 0 Å². The van der Waals surface area contributed by atoms with Crippen molar-refractivity contribution in [2.45, 2.75) is 32.4 Å². The quantitative estimate of drug-likeness (QED) is 0.328. The standard InChI is InChI=1S/C25H26N4O5/c1-15-12-17(19-4-2-3-5-21(19)27-15)14-34-18-8-6-16(7-9-18)24(31)28-22-13-26-23(30)11-10-20(22)25(32)29-33/h2-9,12,20,22,33H,10-11,13-14H2,1H3,(H,26,30)(H,28,31)(H,29,32). The van der Waals surface area contributed by atoms with E-state index in [1.807, 2.05) is 37.3 Å². The largest absolute Gasteiger partial charge is 0.489 e. The van der Waals surface area contributed by atoms with Crippen molar-refractivity contribution in [3.8, 4) is 5.75 Å². The average molecular weight is 463 g/mol. The molecular formula is C25H26N4O5. The van der Waals surface area contributed by atoms with E-state index in [0.717, 1.165) is 22.2 Å². The number of carbonyl (C=O) groups is 3. The second kappa shape index (κ2) is 10.3. The van der Waals surface area contributed by atoms with E-state index in [1.54, 1.807) is 29.7 Å². The van der Waals surface area contributed by atoms with Gasteiger partial charge in [-0.25, -0.2) is 5.48 Å². The molecule has 1 aromatic heterocycles. The monoisotopic (exact) mass is 462 g/mol. The number of benzene rings is 2. The molecule has 2 atom stereocenters. The Kier molecular flexibility index (Phi) is 7.03. The highest BCUT2D eigenvalue weighted by Crippen LogP contribution is 2.21. The fourth-order valence-electron chi connectivity index (χ4n) is 4.12. The second-order valence-corrected chi connectivity index (χ2v) is 8.26. The fraction of sp³-hybridized carbons (Fsp3) is 0.280. The number of hydrogen-bond acceptors (Lipinski definition) is 6. The van der Waals surface area contributed by atoms with Gasteiger partial charge < -0.3 is 15.4 Å². The summed E-state index contributed by atoms with van der Waals surface area (Å²) in [4.78, 5) is 41.0. The van der Waals surface area contributed by atoms with Crippen molar-refractivity contribution < 1.29 is 24.3 Å². The van der Waals surface area contributed by atoms with E-state index in [2.05, 4.69) is 15.6 Å². The van der Waals surface area contributed by atoms with Crippen LogP contribution < -0.4 is 20.9 Å². The van der Waals surface area contributed by atoms with Crippen LogP contribution in [-0.2, 0) is 16.2 Å². The third-order valence-corrected chi connectivity index (χ3v) is 5.89. The summed E-state index contributed by atoms with van der Waals surface area (Å²) < 4.78 is 5.94. The summed E-state index contributed by atoms with van der Waals surface area (Å²) in [6.07, 6.45) is 0.363. The molecule has 1 fully saturated rings. The van der Waals surface area contributed by atoms with Crippen molar-refractivity contribution in [3.63, 3.8) is 0 Å². The smallest absolute Gasteiger partial charge is 0.251 e. The number of pyridine rings is 1. The predicted molar refractivity (Wildman–Crippen MR) is 124 cm³/mol. The molecule has 0 spiro atoms. The number of aryl methyl sites for hydroxylation is 1. The molecule has 2 aromatic carbocycles. The summed E-state index contributed by atoms with van der Waals surface area (Å²) in [6.45, 7) is 2.40. The number of rotatable bonds is 6. The number of aromatic nitrogens is 1. The van der Waals surface area contributed by atoms with Gasteiger partial charge in [-0.05, 0) is 49.7 Å². The number of amides is 3. The van der Waals surface area contributed by atoms with Crippen LogP contribution in [0.4, 0.5) is 0 Å². The SMILES string of the molecule is Cc1cc(COc2ccc(C(=O)NC3CNC(=O)CCC3C(=O)NO)cc2)c2ccccc2n1. The molecule has 0 saturated carbocycles. The van der Waals surface area contributed by atoms with Gasteiger partial charge >= 0.3 is 0 Å². The zero-order chi connectivity index (χ0) is 24.1. The molecule has 1 saturated heterocycles. The lowest BCUT2D eigenvalue weighted by molar-refractivity contribution is -0.134. The average Bonchev–Trinajstić information content (AvgIpc) is 3.03. The Labute approximate surface area is 196 Å². The number of carbonyl (C=O) groups excluding carboxylic acids is 3. The minimum Gasteiger partial charge on any atom is -0.489 e. The van der Waals surface area contributed by atoms with Gasteiger partial charge in [-0.15, -0.1) is 0 Å². The number of nitrogens with one attached hydrogen (secondary N) is 3. The molecular weight excluding hydrogens is 436 g/mol. The Morgan fingerprint density at radius 3 is 2.71 bits per heavy atom. The summed E-state index contributed by atoms with van der Waals surface area (Å²) in [7, 11) is 0. The number of nitrogens with zero attached hydrogens (tertiary/aromatic N) is 1. The molecule has 0 aliphatic carbocycles. The number of ether oxygens (including phenoxy) is 1. The molecule has 176 valence electrons. The number of para-hydroxylation sites is 1. The van der Waals surface area contributed by atoms with Crippen LogP contribution in [0.5, 0.6) is 5.75 Å². The van der Waals surface area contributed by atoms with Gasteiger partial charge in [-0.1, -0.05) is 18.2 Å². The molecule has 1 aliphatic rings. The summed E-state index contributed by atoms with van der Waals surface area (Å²) in [5, 5.41) is 15.5. The number of fused-ring (bicyclic) bond motifs is 1. The van der Waals surface area contributed by atoms with Gasteiger partial charge in [0, 0.05) is 35.2 Å². The molecule has 2 heterocycles. The highest BCUT2D eigenvalue weighted by molar-refractivity contribution is 5.95. The second-order valence-electron chi connectivity index (χ2n) is 8.26. The third-order valence-electron chi connectivity index (χ3n) is 5.89. The van der Waals surface area contributed by atoms with E-state index in [4.69, 9.17) is 9.94 Å². The molecule has 2 unspecified atom stereocenters. The topological polar surface area (TPSA) is 130 Å². The number of hydroxylamine groups is 1. The van der Waals surface area contributed by atoms with Crippen LogP contribution in [0.15, 0.2) is 54.6 Å². The minimum absolute atomic E-state index is 0.100. The third kappa shape index (κ3) is 5.32. The van der Waals surface area contributed by atoms with Crippen LogP contribution in [0.3, 0.4) is 0 Å². The Morgan fingerprint density at radius 2 is 1.94 bits per heavy atom. The fourth-order valence-corrected chi connectivity index (χ4v) is 4.12. The van der Waals surface area contributed by atoms with Gasteiger partial charge in [0.25, 0.3) is 5.91 Å². The zero-order valence-corrected chi connectivity index (χ0v) is 18.7. The van der Waals surface area contributed by atoms with E-state index in [1.165, 1.54) is 0 Å². The van der Waals surface area contributed by atoms with Gasteiger partial charge in [0.05, 0.1) is 17.5 Å². The number of hydrogen-bond donors (Lipinski definition) is 4. The molecule has 0 bridgehead atoms. The summed E-state index contributed by atoms with van der Waals surface area (Å²) >= 11 is 0. The molecule has 34 heavy (non-hydrogen) atoms. The van der Waals surface area contributed by atoms with Crippen molar-refractivity contribution in [1.82, 2.24) is 21.1 Å². The highest BCUT2D eigenvalue weighted by atomic mass is 16.5. The summed E-state index contributed by atoms with van der Waals surface area (Å²) in [6, 6.07) is 15.9. The lowest BCUT2D eigenvalue weighted by Crippen LogP contribution is -2.50. The first kappa shape index (κ1) is 23.2. The van der Waals surface area contributed by atoms with Gasteiger partial charge in [0.2, 0.25) is 11.8 Å². The maximum Gasteiger partial charge on any atom is 0.251 e. The van der Waals surface area contributed by atoms with Crippen molar-refractivity contribution in [1.29, 1.82) is 0 Å². The van der Waals surface area contributed by atoms with E-state index in [0.29, 0.717) is 17.9 Å². The van der Waals surface area contributed by atoms with Gasteiger partial charge in [0.15, 0.2) is 0 Å². The van der Waals surface area contributed by atoms with Gasteiger partial charge in [-0.2, -0.15) is 0 Å². The Bertz CT molecular complexity index is 1210. The molecule has 4 rings (SSSR count).